The fraction of sp³-hybridized carbons (Fsp3) is 0.167. The Bertz CT molecular complexity index is 822. The topological polar surface area (TPSA) is 76.2 Å². The van der Waals surface area contributed by atoms with Crippen molar-refractivity contribution < 1.29 is 9.66 Å². The molecule has 0 saturated heterocycles. The quantitative estimate of drug-likeness (QED) is 0.640. The molecule has 0 N–H and O–H groups in total. The van der Waals surface area contributed by atoms with Crippen LogP contribution in [0.25, 0.3) is 5.76 Å². The average molecular weight is 306 g/mol. The number of aryl methyl sites for hydroxylation is 1. The van der Waals surface area contributed by atoms with Crippen LogP contribution in [0.3, 0.4) is 0 Å². The Morgan fingerprint density at radius 1 is 1.17 bits per heavy atom. The number of nitrogens with zero attached hydrogens (tertiary/aromatic N) is 2. The zero-order chi connectivity index (χ0) is 16.4. The van der Waals surface area contributed by atoms with Crippen LogP contribution in [0.15, 0.2) is 60.2 Å². The predicted molar refractivity (Wildman–Crippen MR) is 84.8 cm³/mol. The van der Waals surface area contributed by atoms with E-state index in [0.29, 0.717) is 22.5 Å². The smallest absolute Gasteiger partial charge is 0.365 e. The van der Waals surface area contributed by atoms with Gasteiger partial charge in [-0.25, -0.2) is 0 Å². The first-order chi connectivity index (χ1) is 11.1. The molecule has 0 unspecified atom stereocenters. The van der Waals surface area contributed by atoms with Crippen molar-refractivity contribution in [2.75, 3.05) is 0 Å². The predicted octanol–water partition coefficient (Wildman–Crippen LogP) is 3.65. The lowest BCUT2D eigenvalue weighted by atomic mass is 9.89. The minimum atomic E-state index is -1.29. The van der Waals surface area contributed by atoms with Crippen molar-refractivity contribution in [1.29, 1.82) is 5.26 Å². The molecule has 2 aromatic rings. The molecule has 5 heteroatoms. The van der Waals surface area contributed by atoms with Crippen molar-refractivity contribution in [3.05, 3.63) is 87.0 Å². The van der Waals surface area contributed by atoms with Crippen LogP contribution in [-0.4, -0.2) is 11.2 Å². The highest BCUT2D eigenvalue weighted by atomic mass is 16.7. The Kier molecular flexibility index (Phi) is 3.82. The molecule has 0 amide bonds. The standard InChI is InChI=1S/C18H14N2O3/c1-12-6-5-9-14(10-12)16-15(11-19)17(23-18(16)20(21)22)13-7-3-2-4-8-13/h2-10,16,18H,1H3/t16-,18-/m0/s1. The van der Waals surface area contributed by atoms with Gasteiger partial charge in [-0.3, -0.25) is 10.1 Å². The largest absolute Gasteiger partial charge is 0.427 e. The maximum absolute atomic E-state index is 11.5. The fourth-order valence-electron chi connectivity index (χ4n) is 2.83. The minimum Gasteiger partial charge on any atom is -0.427 e. The molecule has 0 aromatic heterocycles. The molecule has 0 radical (unpaired) electrons. The van der Waals surface area contributed by atoms with Crippen molar-refractivity contribution >= 4 is 5.76 Å². The van der Waals surface area contributed by atoms with Crippen molar-refractivity contribution in [2.45, 2.75) is 19.1 Å². The maximum Gasteiger partial charge on any atom is 0.365 e. The molecule has 2 atom stereocenters. The minimum absolute atomic E-state index is 0.293. The molecule has 0 spiro atoms. The highest BCUT2D eigenvalue weighted by Gasteiger charge is 2.46. The molecule has 1 aliphatic rings. The van der Waals surface area contributed by atoms with Gasteiger partial charge in [-0.2, -0.15) is 5.26 Å². The van der Waals surface area contributed by atoms with E-state index in [1.807, 2.05) is 43.3 Å². The lowest BCUT2D eigenvalue weighted by molar-refractivity contribution is -0.567. The molecule has 1 heterocycles. The van der Waals surface area contributed by atoms with E-state index < -0.39 is 17.1 Å². The Balaban J connectivity index is 2.15. The van der Waals surface area contributed by atoms with Crippen LogP contribution in [0.4, 0.5) is 0 Å². The zero-order valence-corrected chi connectivity index (χ0v) is 12.5. The van der Waals surface area contributed by atoms with Crippen LogP contribution in [0, 0.1) is 28.4 Å². The second-order valence-electron chi connectivity index (χ2n) is 5.41. The maximum atomic E-state index is 11.5. The summed E-state index contributed by atoms with van der Waals surface area (Å²) in [6.45, 7) is 1.91. The van der Waals surface area contributed by atoms with E-state index in [0.717, 1.165) is 5.56 Å². The molecule has 0 bridgehead atoms. The number of hydrogen-bond acceptors (Lipinski definition) is 4. The van der Waals surface area contributed by atoms with Crippen molar-refractivity contribution in [2.24, 2.45) is 0 Å². The number of benzene rings is 2. The van der Waals surface area contributed by atoms with Gasteiger partial charge in [-0.1, -0.05) is 60.2 Å². The van der Waals surface area contributed by atoms with Gasteiger partial charge in [0.05, 0.1) is 16.6 Å². The Labute approximate surface area is 133 Å². The van der Waals surface area contributed by atoms with Crippen LogP contribution in [0.2, 0.25) is 0 Å². The molecule has 3 rings (SSSR count). The summed E-state index contributed by atoms with van der Waals surface area (Å²) in [5, 5.41) is 21.0. The first kappa shape index (κ1) is 14.8. The zero-order valence-electron chi connectivity index (χ0n) is 12.5. The van der Waals surface area contributed by atoms with Gasteiger partial charge in [0.15, 0.2) is 0 Å². The van der Waals surface area contributed by atoms with E-state index >= 15 is 0 Å². The van der Waals surface area contributed by atoms with Gasteiger partial charge in [-0.15, -0.1) is 0 Å². The summed E-state index contributed by atoms with van der Waals surface area (Å²) in [4.78, 5) is 11.0. The number of rotatable bonds is 3. The SMILES string of the molecule is Cc1cccc([C@H]2C(C#N)=C(c3ccccc3)O[C@@H]2[N+](=O)[O-])c1. The molecular weight excluding hydrogens is 292 g/mol. The van der Waals surface area contributed by atoms with Gasteiger partial charge in [0.25, 0.3) is 0 Å². The van der Waals surface area contributed by atoms with Gasteiger partial charge in [0.1, 0.15) is 11.7 Å². The third-order valence-electron chi connectivity index (χ3n) is 3.84. The first-order valence-corrected chi connectivity index (χ1v) is 7.18. The van der Waals surface area contributed by atoms with E-state index in [1.165, 1.54) is 0 Å². The third kappa shape index (κ3) is 2.67. The Hall–Kier alpha value is -3.13. The summed E-state index contributed by atoms with van der Waals surface area (Å²) in [7, 11) is 0. The summed E-state index contributed by atoms with van der Waals surface area (Å²) in [5.74, 6) is -0.411. The van der Waals surface area contributed by atoms with E-state index in [1.54, 1.807) is 18.2 Å². The molecule has 23 heavy (non-hydrogen) atoms. The van der Waals surface area contributed by atoms with E-state index in [-0.39, 0.29) is 0 Å². The summed E-state index contributed by atoms with van der Waals surface area (Å²) in [5.41, 5.74) is 2.67. The highest BCUT2D eigenvalue weighted by Crippen LogP contribution is 2.42. The van der Waals surface area contributed by atoms with E-state index in [4.69, 9.17) is 4.74 Å². The van der Waals surface area contributed by atoms with Gasteiger partial charge >= 0.3 is 6.23 Å². The van der Waals surface area contributed by atoms with Gasteiger partial charge in [0, 0.05) is 5.56 Å². The fourth-order valence-corrected chi connectivity index (χ4v) is 2.83. The van der Waals surface area contributed by atoms with Gasteiger partial charge in [-0.05, 0) is 12.5 Å². The number of hydrogen-bond donors (Lipinski definition) is 0. The number of nitro groups is 1. The lowest BCUT2D eigenvalue weighted by Crippen LogP contribution is -2.26. The van der Waals surface area contributed by atoms with Crippen LogP contribution >= 0.6 is 0 Å². The van der Waals surface area contributed by atoms with Crippen molar-refractivity contribution in [3.63, 3.8) is 0 Å². The number of nitriles is 1. The summed E-state index contributed by atoms with van der Waals surface area (Å²) < 4.78 is 5.58. The molecule has 0 fully saturated rings. The van der Waals surface area contributed by atoms with Crippen LogP contribution in [0.1, 0.15) is 22.6 Å². The molecule has 114 valence electrons. The van der Waals surface area contributed by atoms with Crippen LogP contribution in [0.5, 0.6) is 0 Å². The average Bonchev–Trinajstić information content (AvgIpc) is 2.95. The molecular formula is C18H14N2O3. The highest BCUT2D eigenvalue weighted by molar-refractivity contribution is 5.71. The van der Waals surface area contributed by atoms with E-state index in [9.17, 15) is 15.4 Å². The molecule has 2 aromatic carbocycles. The Morgan fingerprint density at radius 2 is 1.91 bits per heavy atom. The summed E-state index contributed by atoms with van der Waals surface area (Å²) >= 11 is 0. The second kappa shape index (κ2) is 5.93. The molecule has 0 saturated carbocycles. The van der Waals surface area contributed by atoms with Crippen molar-refractivity contribution in [3.8, 4) is 6.07 Å². The monoisotopic (exact) mass is 306 g/mol. The molecule has 5 nitrogen and oxygen atoms in total. The van der Waals surface area contributed by atoms with Crippen LogP contribution in [-0.2, 0) is 4.74 Å². The van der Waals surface area contributed by atoms with E-state index in [2.05, 4.69) is 6.07 Å². The molecule has 0 aliphatic carbocycles. The number of ether oxygens (including phenoxy) is 1. The first-order valence-electron chi connectivity index (χ1n) is 7.18. The molecule has 1 aliphatic heterocycles. The Morgan fingerprint density at radius 3 is 2.52 bits per heavy atom. The van der Waals surface area contributed by atoms with Gasteiger partial charge < -0.3 is 4.74 Å². The van der Waals surface area contributed by atoms with Gasteiger partial charge in [0.2, 0.25) is 0 Å². The summed E-state index contributed by atoms with van der Waals surface area (Å²) in [6, 6.07) is 18.5. The third-order valence-corrected chi connectivity index (χ3v) is 3.84. The second-order valence-corrected chi connectivity index (χ2v) is 5.41. The van der Waals surface area contributed by atoms with Crippen LogP contribution < -0.4 is 0 Å². The van der Waals surface area contributed by atoms with Crippen molar-refractivity contribution in [1.82, 2.24) is 0 Å². The normalized spacial score (nSPS) is 20.0. The lowest BCUT2D eigenvalue weighted by Gasteiger charge is -2.13. The summed E-state index contributed by atoms with van der Waals surface area (Å²) in [6.07, 6.45) is -1.29.